The van der Waals surface area contributed by atoms with Crippen molar-refractivity contribution >= 4 is 11.7 Å². The Balaban J connectivity index is 1.60. The van der Waals surface area contributed by atoms with Gasteiger partial charge in [0.1, 0.15) is 0 Å². The lowest BCUT2D eigenvalue weighted by atomic mass is 9.89. The fourth-order valence-electron chi connectivity index (χ4n) is 3.99. The van der Waals surface area contributed by atoms with E-state index in [-0.39, 0.29) is 17.3 Å². The van der Waals surface area contributed by atoms with Crippen molar-refractivity contribution in [2.24, 2.45) is 13.0 Å². The lowest BCUT2D eigenvalue weighted by Gasteiger charge is -2.33. The Kier molecular flexibility index (Phi) is 5.74. The van der Waals surface area contributed by atoms with Crippen LogP contribution in [0.1, 0.15) is 35.7 Å². The molecule has 2 aromatic heterocycles. The third-order valence-electron chi connectivity index (χ3n) is 5.81. The number of Topliss-reactive ketones (excluding diaryl/α,β-unsaturated/α-hetero) is 1. The molecule has 30 heavy (non-hydrogen) atoms. The number of ketones is 1. The Morgan fingerprint density at radius 2 is 1.87 bits per heavy atom. The van der Waals surface area contributed by atoms with E-state index in [9.17, 15) is 9.59 Å². The average Bonchev–Trinajstić information content (AvgIpc) is 2.81. The van der Waals surface area contributed by atoms with Crippen molar-refractivity contribution in [2.75, 3.05) is 18.0 Å². The minimum atomic E-state index is -0.115. The fraction of sp³-hybridized carbons (Fsp3) is 0.333. The van der Waals surface area contributed by atoms with Crippen molar-refractivity contribution < 1.29 is 4.79 Å². The molecule has 3 heterocycles. The summed E-state index contributed by atoms with van der Waals surface area (Å²) in [7, 11) is 1.73. The first-order chi connectivity index (χ1) is 14.6. The molecule has 0 saturated carbocycles. The summed E-state index contributed by atoms with van der Waals surface area (Å²) in [5.41, 5.74) is 3.34. The van der Waals surface area contributed by atoms with Gasteiger partial charge in [-0.2, -0.15) is 0 Å². The molecule has 0 N–H and O–H groups in total. The van der Waals surface area contributed by atoms with E-state index in [1.165, 1.54) is 5.56 Å². The number of carbonyl (C=O) groups excluding carboxylic acids is 1. The molecule has 1 unspecified atom stereocenters. The second-order valence-corrected chi connectivity index (χ2v) is 7.77. The van der Waals surface area contributed by atoms with E-state index in [0.717, 1.165) is 36.9 Å². The Morgan fingerprint density at radius 1 is 1.13 bits per heavy atom. The maximum absolute atomic E-state index is 13.1. The van der Waals surface area contributed by atoms with Crippen LogP contribution in [0.3, 0.4) is 0 Å². The molecule has 6 heteroatoms. The average molecular weight is 402 g/mol. The molecule has 0 amide bonds. The van der Waals surface area contributed by atoms with Crippen LogP contribution in [0.15, 0.2) is 59.7 Å². The molecule has 1 atom stereocenters. The molecule has 6 nitrogen and oxygen atoms in total. The number of hydrogen-bond donors (Lipinski definition) is 0. The summed E-state index contributed by atoms with van der Waals surface area (Å²) in [6.07, 6.45) is 6.07. The second-order valence-electron chi connectivity index (χ2n) is 7.77. The summed E-state index contributed by atoms with van der Waals surface area (Å²) >= 11 is 0. The lowest BCUT2D eigenvalue weighted by molar-refractivity contribution is 0.0906. The van der Waals surface area contributed by atoms with Crippen LogP contribution in [-0.4, -0.2) is 33.4 Å². The van der Waals surface area contributed by atoms with E-state index in [0.29, 0.717) is 18.2 Å². The third-order valence-corrected chi connectivity index (χ3v) is 5.81. The highest BCUT2D eigenvalue weighted by Crippen LogP contribution is 2.25. The zero-order chi connectivity index (χ0) is 21.1. The zero-order valence-electron chi connectivity index (χ0n) is 17.4. The number of pyridine rings is 1. The van der Waals surface area contributed by atoms with Gasteiger partial charge in [-0.25, -0.2) is 4.98 Å². The van der Waals surface area contributed by atoms with Crippen molar-refractivity contribution in [2.45, 2.75) is 26.2 Å². The first-order valence-electron chi connectivity index (χ1n) is 10.4. The fourth-order valence-corrected chi connectivity index (χ4v) is 3.99. The molecule has 154 valence electrons. The zero-order valence-corrected chi connectivity index (χ0v) is 17.4. The van der Waals surface area contributed by atoms with Crippen molar-refractivity contribution in [1.82, 2.24) is 14.5 Å². The molecular weight excluding hydrogens is 376 g/mol. The smallest absolute Gasteiger partial charge is 0.255 e. The number of aryl methyl sites for hydroxylation is 1. The van der Waals surface area contributed by atoms with E-state index in [2.05, 4.69) is 16.8 Å². The number of nitrogens with zero attached hydrogens (tertiary/aromatic N) is 4. The molecule has 0 bridgehead atoms. The van der Waals surface area contributed by atoms with Gasteiger partial charge in [0, 0.05) is 55.6 Å². The summed E-state index contributed by atoms with van der Waals surface area (Å²) in [6, 6.07) is 13.1. The molecule has 1 aliphatic rings. The van der Waals surface area contributed by atoms with E-state index in [1.807, 2.05) is 36.4 Å². The van der Waals surface area contributed by atoms with E-state index in [1.54, 1.807) is 30.1 Å². The number of benzene rings is 1. The van der Waals surface area contributed by atoms with Crippen LogP contribution in [0.2, 0.25) is 0 Å². The Morgan fingerprint density at radius 3 is 2.57 bits per heavy atom. The van der Waals surface area contributed by atoms with Gasteiger partial charge in [-0.1, -0.05) is 31.2 Å². The Hall–Kier alpha value is -3.28. The van der Waals surface area contributed by atoms with Crippen molar-refractivity contribution in [3.8, 4) is 11.3 Å². The van der Waals surface area contributed by atoms with Crippen LogP contribution >= 0.6 is 0 Å². The highest BCUT2D eigenvalue weighted by molar-refractivity contribution is 5.98. The molecule has 0 radical (unpaired) electrons. The van der Waals surface area contributed by atoms with Gasteiger partial charge >= 0.3 is 0 Å². The summed E-state index contributed by atoms with van der Waals surface area (Å²) in [4.78, 5) is 36.5. The summed E-state index contributed by atoms with van der Waals surface area (Å²) in [6.45, 7) is 3.44. The normalized spacial score (nSPS) is 16.5. The van der Waals surface area contributed by atoms with Crippen molar-refractivity contribution in [1.29, 1.82) is 0 Å². The van der Waals surface area contributed by atoms with Crippen molar-refractivity contribution in [3.63, 3.8) is 0 Å². The Bertz CT molecular complexity index is 1090. The third kappa shape index (κ3) is 4.03. The van der Waals surface area contributed by atoms with Gasteiger partial charge in [0.05, 0.1) is 5.69 Å². The quantitative estimate of drug-likeness (QED) is 0.611. The molecule has 1 fully saturated rings. The summed E-state index contributed by atoms with van der Waals surface area (Å²) < 4.78 is 1.56. The van der Waals surface area contributed by atoms with Crippen LogP contribution in [0, 0.1) is 5.92 Å². The first kappa shape index (κ1) is 20.0. The second kappa shape index (κ2) is 8.61. The van der Waals surface area contributed by atoms with Crippen LogP contribution < -0.4 is 10.5 Å². The molecule has 4 rings (SSSR count). The maximum Gasteiger partial charge on any atom is 0.255 e. The number of rotatable bonds is 5. The predicted octanol–water partition coefficient (Wildman–Crippen LogP) is 3.50. The topological polar surface area (TPSA) is 68.1 Å². The largest absolute Gasteiger partial charge is 0.341 e. The predicted molar refractivity (Wildman–Crippen MR) is 118 cm³/mol. The number of hydrogen-bond acceptors (Lipinski definition) is 5. The first-order valence-corrected chi connectivity index (χ1v) is 10.4. The van der Waals surface area contributed by atoms with Gasteiger partial charge in [-0.3, -0.25) is 19.1 Å². The summed E-state index contributed by atoms with van der Waals surface area (Å²) in [5.74, 6) is 0.665. The standard InChI is InChI=1S/C24H26N4O2/c1-3-17-6-8-19(9-7-17)23(30)20-5-4-14-28(16-20)24-26-21(15-22(29)27(24)2)18-10-12-25-13-11-18/h6-13,15,20H,3-5,14,16H2,1-2H3. The highest BCUT2D eigenvalue weighted by atomic mass is 16.1. The summed E-state index contributed by atoms with van der Waals surface area (Å²) in [5, 5.41) is 0. The SMILES string of the molecule is CCc1ccc(C(=O)C2CCCN(c3nc(-c4ccncc4)cc(=O)n3C)C2)cc1. The van der Waals surface area contributed by atoms with Crippen LogP contribution in [0.5, 0.6) is 0 Å². The van der Waals surface area contributed by atoms with Gasteiger partial charge in [-0.05, 0) is 37.0 Å². The minimum absolute atomic E-state index is 0.104. The molecule has 0 aliphatic carbocycles. The molecular formula is C24H26N4O2. The molecule has 1 aliphatic heterocycles. The number of anilines is 1. The van der Waals surface area contributed by atoms with E-state index < -0.39 is 0 Å². The van der Waals surface area contributed by atoms with Crippen LogP contribution in [0.25, 0.3) is 11.3 Å². The van der Waals surface area contributed by atoms with Gasteiger partial charge in [0.15, 0.2) is 5.78 Å². The molecule has 1 aromatic carbocycles. The van der Waals surface area contributed by atoms with Gasteiger partial charge in [0.2, 0.25) is 5.95 Å². The molecule has 0 spiro atoms. The maximum atomic E-state index is 13.1. The van der Waals surface area contributed by atoms with Gasteiger partial charge in [-0.15, -0.1) is 0 Å². The Labute approximate surface area is 176 Å². The number of aromatic nitrogens is 3. The molecule has 3 aromatic rings. The van der Waals surface area contributed by atoms with Crippen LogP contribution in [0.4, 0.5) is 5.95 Å². The van der Waals surface area contributed by atoms with Gasteiger partial charge < -0.3 is 4.90 Å². The van der Waals surface area contributed by atoms with Crippen LogP contribution in [-0.2, 0) is 13.5 Å². The van der Waals surface area contributed by atoms with E-state index >= 15 is 0 Å². The monoisotopic (exact) mass is 402 g/mol. The number of piperidine rings is 1. The highest BCUT2D eigenvalue weighted by Gasteiger charge is 2.28. The molecule has 1 saturated heterocycles. The van der Waals surface area contributed by atoms with E-state index in [4.69, 9.17) is 4.98 Å². The van der Waals surface area contributed by atoms with Gasteiger partial charge in [0.25, 0.3) is 5.56 Å². The lowest BCUT2D eigenvalue weighted by Crippen LogP contribution is -2.41. The van der Waals surface area contributed by atoms with Crippen molar-refractivity contribution in [3.05, 3.63) is 76.3 Å². The number of carbonyl (C=O) groups is 1. The minimum Gasteiger partial charge on any atom is -0.341 e.